The molecule has 4 aromatic rings. The summed E-state index contributed by atoms with van der Waals surface area (Å²) in [6.07, 6.45) is 1.14. The van der Waals surface area contributed by atoms with Crippen LogP contribution in [0.3, 0.4) is 0 Å². The predicted octanol–water partition coefficient (Wildman–Crippen LogP) is 6.15. The van der Waals surface area contributed by atoms with Gasteiger partial charge in [-0.1, -0.05) is 24.3 Å². The van der Waals surface area contributed by atoms with Crippen LogP contribution in [-0.4, -0.2) is 175 Å². The molecule has 86 heavy (non-hydrogen) atoms. The van der Waals surface area contributed by atoms with E-state index in [2.05, 4.69) is 31.5 Å². The average molecular weight is 1310 g/mol. The van der Waals surface area contributed by atoms with Gasteiger partial charge in [0.15, 0.2) is 0 Å². The summed E-state index contributed by atoms with van der Waals surface area (Å²) in [6, 6.07) is 13.1. The van der Waals surface area contributed by atoms with E-state index in [1.165, 1.54) is 23.1 Å². The summed E-state index contributed by atoms with van der Waals surface area (Å²) in [5.41, 5.74) is -1.07. The molecule has 0 spiro atoms. The van der Waals surface area contributed by atoms with Crippen LogP contribution in [0.4, 0.5) is 9.18 Å². The Morgan fingerprint density at radius 3 is 1.80 bits per heavy atom. The molecule has 1 fully saturated rings. The normalized spacial score (nSPS) is 13.5. The Labute approximate surface area is 514 Å². The number of amides is 6. The van der Waals surface area contributed by atoms with Crippen LogP contribution in [0.1, 0.15) is 143 Å². The van der Waals surface area contributed by atoms with Crippen LogP contribution in [0.5, 0.6) is 0 Å². The third kappa shape index (κ3) is 24.3. The molecule has 5 rings (SSSR count). The van der Waals surface area contributed by atoms with Crippen molar-refractivity contribution in [2.75, 3.05) is 78.9 Å². The van der Waals surface area contributed by atoms with Crippen LogP contribution in [0, 0.1) is 9.39 Å². The Morgan fingerprint density at radius 1 is 0.628 bits per heavy atom. The number of nitrogens with zero attached hydrogens (tertiary/aromatic N) is 3. The zero-order valence-electron chi connectivity index (χ0n) is 50.6. The van der Waals surface area contributed by atoms with Gasteiger partial charge < -0.3 is 59.5 Å². The van der Waals surface area contributed by atoms with Crippen molar-refractivity contribution in [3.8, 4) is 0 Å². The number of rotatable bonds is 29. The second kappa shape index (κ2) is 33.1. The van der Waals surface area contributed by atoms with Gasteiger partial charge in [0.25, 0.3) is 23.3 Å². The molecule has 1 aromatic heterocycles. The molecular formula is C61H82FIN8O15. The lowest BCUT2D eigenvalue weighted by molar-refractivity contribution is -0.159. The predicted molar refractivity (Wildman–Crippen MR) is 325 cm³/mol. The highest BCUT2D eigenvalue weighted by Crippen LogP contribution is 2.22. The van der Waals surface area contributed by atoms with Gasteiger partial charge >= 0.3 is 23.9 Å². The number of halogens is 2. The highest BCUT2D eigenvalue weighted by atomic mass is 127. The van der Waals surface area contributed by atoms with Gasteiger partial charge in [-0.05, 0) is 153 Å². The van der Waals surface area contributed by atoms with Crippen LogP contribution in [0.2, 0.25) is 0 Å². The van der Waals surface area contributed by atoms with Gasteiger partial charge in [-0.25, -0.2) is 23.9 Å². The number of hydrogen-bond acceptors (Lipinski definition) is 16. The van der Waals surface area contributed by atoms with Crippen molar-refractivity contribution in [2.24, 2.45) is 0 Å². The third-order valence-electron chi connectivity index (χ3n) is 12.7. The van der Waals surface area contributed by atoms with E-state index in [4.69, 9.17) is 28.4 Å². The first-order valence-electron chi connectivity index (χ1n) is 28.7. The number of aromatic nitrogens is 2. The molecule has 0 radical (unpaired) electrons. The molecule has 0 saturated carbocycles. The summed E-state index contributed by atoms with van der Waals surface area (Å²) in [7, 11) is 0. The molecule has 2 atom stereocenters. The maximum atomic E-state index is 15.1. The number of esters is 3. The van der Waals surface area contributed by atoms with Gasteiger partial charge in [0.05, 0.1) is 56.3 Å². The van der Waals surface area contributed by atoms with E-state index in [9.17, 15) is 43.2 Å². The minimum absolute atomic E-state index is 0.101. The fourth-order valence-corrected chi connectivity index (χ4v) is 9.42. The van der Waals surface area contributed by atoms with Crippen molar-refractivity contribution in [1.29, 1.82) is 0 Å². The minimum Gasteiger partial charge on any atom is -0.460 e. The number of hydrogen-bond donors (Lipinski definition) is 5. The fourth-order valence-electron chi connectivity index (χ4n) is 8.75. The first kappa shape index (κ1) is 69.7. The number of carbonyl (C=O) groups excluding carboxylic acids is 8. The maximum absolute atomic E-state index is 15.1. The first-order valence-corrected chi connectivity index (χ1v) is 29.8. The Hall–Kier alpha value is -7.10. The summed E-state index contributed by atoms with van der Waals surface area (Å²) in [6.45, 7) is 17.9. The van der Waals surface area contributed by atoms with Crippen LogP contribution in [0.15, 0.2) is 65.5 Å². The van der Waals surface area contributed by atoms with Gasteiger partial charge in [-0.2, -0.15) is 5.10 Å². The molecule has 1 aliphatic heterocycles. The fraction of sp³-hybridized carbons (Fsp3) is 0.541. The number of carbonyl (C=O) groups is 8. The highest BCUT2D eigenvalue weighted by molar-refractivity contribution is 14.1. The molecular weight excluding hydrogens is 1230 g/mol. The zero-order valence-corrected chi connectivity index (χ0v) is 52.7. The van der Waals surface area contributed by atoms with E-state index in [0.29, 0.717) is 56.1 Å². The summed E-state index contributed by atoms with van der Waals surface area (Å²) in [4.78, 5) is 120. The Kier molecular flexibility index (Phi) is 26.8. The second-order valence-electron chi connectivity index (χ2n) is 23.5. The SMILES string of the molecule is CC(C)(C)OC(=O)CCC(NC(=O)NC(CCCCNC(=O)CCOCCOCCOCCNC(=O)c1cc(I)cc(C(=O)N2CCN(C(=O)c3cc(Cc4n[nH]c(=O)c5ccccc45)ccc3F)CC2)c1)C(=O)OC(C)(C)C)C(=O)OC(C)(C)C. The lowest BCUT2D eigenvalue weighted by Crippen LogP contribution is -2.53. The number of benzene rings is 3. The van der Waals surface area contributed by atoms with E-state index < -0.39 is 70.5 Å². The first-order chi connectivity index (χ1) is 40.6. The molecule has 5 N–H and O–H groups in total. The van der Waals surface area contributed by atoms with Crippen molar-refractivity contribution < 1.29 is 71.2 Å². The molecule has 0 bridgehead atoms. The zero-order chi connectivity index (χ0) is 63.2. The lowest BCUT2D eigenvalue weighted by Gasteiger charge is -2.35. The van der Waals surface area contributed by atoms with Gasteiger partial charge in [-0.3, -0.25) is 28.8 Å². The van der Waals surface area contributed by atoms with Crippen LogP contribution in [0.25, 0.3) is 10.8 Å². The molecule has 3 aromatic carbocycles. The van der Waals surface area contributed by atoms with Crippen LogP contribution in [-0.2, 0) is 54.0 Å². The lowest BCUT2D eigenvalue weighted by atomic mass is 10.0. The number of aromatic amines is 1. The van der Waals surface area contributed by atoms with Gasteiger partial charge in [0, 0.05) is 78.6 Å². The summed E-state index contributed by atoms with van der Waals surface area (Å²) >= 11 is 2.04. The van der Waals surface area contributed by atoms with Gasteiger partial charge in [0.1, 0.15) is 34.7 Å². The average Bonchev–Trinajstić information content (AvgIpc) is 1.89. The van der Waals surface area contributed by atoms with E-state index in [1.807, 2.05) is 22.6 Å². The quantitative estimate of drug-likeness (QED) is 0.0176. The molecule has 6 amide bonds. The van der Waals surface area contributed by atoms with Crippen molar-refractivity contribution in [3.63, 3.8) is 0 Å². The second-order valence-corrected chi connectivity index (χ2v) is 24.7. The van der Waals surface area contributed by atoms with E-state index in [0.717, 1.165) is 0 Å². The number of ether oxygens (including phenoxy) is 6. The Bertz CT molecular complexity index is 3060. The molecule has 1 saturated heterocycles. The minimum atomic E-state index is -1.22. The summed E-state index contributed by atoms with van der Waals surface area (Å²) < 4.78 is 48.9. The molecule has 23 nitrogen and oxygen atoms in total. The number of unbranched alkanes of at least 4 members (excludes halogenated alkanes) is 1. The molecule has 1 aliphatic rings. The van der Waals surface area contributed by atoms with Crippen LogP contribution < -0.4 is 26.8 Å². The van der Waals surface area contributed by atoms with Gasteiger partial charge in [-0.15, -0.1) is 0 Å². The summed E-state index contributed by atoms with van der Waals surface area (Å²) in [5, 5.41) is 18.6. The van der Waals surface area contributed by atoms with Crippen molar-refractivity contribution in [3.05, 3.63) is 108 Å². The smallest absolute Gasteiger partial charge is 0.329 e. The monoisotopic (exact) mass is 1310 g/mol. The number of urea groups is 1. The Morgan fingerprint density at radius 2 is 1.19 bits per heavy atom. The standard InChI is InChI=1S/C61H82FIN8O15/c1-59(2,3)84-51(73)20-19-48(57(79)86-61(7,8)9)67-58(80)66-47(56(78)85-60(4,5)6)16-12-13-22-64-50(72)21-28-81-30-32-83-33-31-82-29-23-65-52(74)40-36-41(38-42(63)37-40)54(76)70-24-26-71(27-25-70)55(77)45-34-39(17-18-46(45)62)35-49-43-14-10-11-15-44(43)53(75)69-68-49/h10-11,14-15,17-18,34,36-38,47-48H,12-13,16,19-33,35H2,1-9H3,(H,64,72)(H,65,74)(H,69,75)(H2,66,67,80). The van der Waals surface area contributed by atoms with Gasteiger partial charge in [0.2, 0.25) is 5.91 Å². The van der Waals surface area contributed by atoms with Crippen molar-refractivity contribution in [1.82, 2.24) is 41.3 Å². The number of nitrogens with one attached hydrogen (secondary N) is 5. The van der Waals surface area contributed by atoms with E-state index >= 15 is 4.39 Å². The number of H-pyrrole nitrogens is 1. The molecule has 2 unspecified atom stereocenters. The molecule has 2 heterocycles. The number of piperazine rings is 1. The van der Waals surface area contributed by atoms with Crippen molar-refractivity contribution in [2.45, 2.75) is 136 Å². The Balaban J connectivity index is 0.924. The third-order valence-corrected chi connectivity index (χ3v) is 13.3. The molecule has 470 valence electrons. The van der Waals surface area contributed by atoms with E-state index in [-0.39, 0.29) is 127 Å². The molecule has 0 aliphatic carbocycles. The summed E-state index contributed by atoms with van der Waals surface area (Å²) in [5.74, 6) is -4.11. The largest absolute Gasteiger partial charge is 0.460 e. The maximum Gasteiger partial charge on any atom is 0.329 e. The van der Waals surface area contributed by atoms with E-state index in [1.54, 1.807) is 110 Å². The number of fused-ring (bicyclic) bond motifs is 1. The van der Waals surface area contributed by atoms with Crippen LogP contribution >= 0.6 is 22.6 Å². The molecule has 25 heteroatoms. The van der Waals surface area contributed by atoms with Crippen molar-refractivity contribution >= 4 is 80.9 Å². The highest BCUT2D eigenvalue weighted by Gasteiger charge is 2.32. The topological polar surface area (TPSA) is 292 Å².